The zero-order valence-electron chi connectivity index (χ0n) is 22.7. The third-order valence-corrected chi connectivity index (χ3v) is 7.99. The molecular formula is C28H30N4O5S2. The predicted octanol–water partition coefficient (Wildman–Crippen LogP) is 5.84. The first-order chi connectivity index (χ1) is 18.8. The summed E-state index contributed by atoms with van der Waals surface area (Å²) < 4.78 is 17.7. The third-order valence-electron chi connectivity index (χ3n) is 6.12. The van der Waals surface area contributed by atoms with Crippen LogP contribution in [0, 0.1) is 13.8 Å². The number of esters is 1. The number of benzene rings is 2. The van der Waals surface area contributed by atoms with Crippen molar-refractivity contribution in [1.29, 1.82) is 0 Å². The van der Waals surface area contributed by atoms with E-state index in [0.29, 0.717) is 39.6 Å². The lowest BCUT2D eigenvalue weighted by atomic mass is 9.97. The molecule has 0 saturated heterocycles. The number of rotatable bonds is 10. The van der Waals surface area contributed by atoms with E-state index in [1.165, 1.54) is 30.2 Å². The first-order valence-electron chi connectivity index (χ1n) is 12.2. The average Bonchev–Trinajstić information content (AvgIpc) is 3.56. The van der Waals surface area contributed by atoms with E-state index >= 15 is 0 Å². The summed E-state index contributed by atoms with van der Waals surface area (Å²) in [5.74, 6) is 1.19. The summed E-state index contributed by atoms with van der Waals surface area (Å²) in [5.41, 5.74) is 4.94. The van der Waals surface area contributed by atoms with Crippen LogP contribution in [0.3, 0.4) is 0 Å². The molecule has 0 unspecified atom stereocenters. The summed E-state index contributed by atoms with van der Waals surface area (Å²) in [5, 5.41) is 14.5. The number of hydrogen-bond acceptors (Lipinski definition) is 9. The summed E-state index contributed by atoms with van der Waals surface area (Å²) in [6, 6.07) is 11.6. The maximum absolute atomic E-state index is 13.0. The monoisotopic (exact) mass is 566 g/mol. The normalized spacial score (nSPS) is 10.8. The van der Waals surface area contributed by atoms with E-state index in [2.05, 4.69) is 15.5 Å². The zero-order valence-corrected chi connectivity index (χ0v) is 24.3. The van der Waals surface area contributed by atoms with Crippen LogP contribution in [0.1, 0.15) is 28.4 Å². The van der Waals surface area contributed by atoms with Gasteiger partial charge >= 0.3 is 5.97 Å². The molecule has 11 heteroatoms. The molecule has 0 saturated carbocycles. The van der Waals surface area contributed by atoms with Gasteiger partial charge in [-0.2, -0.15) is 0 Å². The highest BCUT2D eigenvalue weighted by Gasteiger charge is 2.24. The van der Waals surface area contributed by atoms with Crippen molar-refractivity contribution in [2.75, 3.05) is 32.4 Å². The Labute approximate surface area is 235 Å². The number of aryl methyl sites for hydroxylation is 2. The van der Waals surface area contributed by atoms with Gasteiger partial charge in [0.25, 0.3) is 0 Å². The van der Waals surface area contributed by atoms with Crippen LogP contribution in [0.2, 0.25) is 0 Å². The molecule has 0 radical (unpaired) electrons. The van der Waals surface area contributed by atoms with Crippen molar-refractivity contribution < 1.29 is 23.8 Å². The summed E-state index contributed by atoms with van der Waals surface area (Å²) in [6.45, 7) is 6.58. The molecular weight excluding hydrogens is 536 g/mol. The molecule has 9 nitrogen and oxygen atoms in total. The summed E-state index contributed by atoms with van der Waals surface area (Å²) in [7, 11) is 4.50. The quantitative estimate of drug-likeness (QED) is 0.188. The molecule has 0 atom stereocenters. The van der Waals surface area contributed by atoms with E-state index in [1.807, 2.05) is 67.1 Å². The van der Waals surface area contributed by atoms with Crippen molar-refractivity contribution in [3.05, 3.63) is 58.5 Å². The smallest absolute Gasteiger partial charge is 0.341 e. The largest absolute Gasteiger partial charge is 0.493 e. The topological polar surface area (TPSA) is 105 Å². The van der Waals surface area contributed by atoms with Crippen molar-refractivity contribution in [1.82, 2.24) is 14.8 Å². The standard InChI is InChI=1S/C28H30N4O5S2/c1-7-32-25(18-10-11-21(35-4)22(13-18)36-5)30-31-28(32)39-15-23(33)29-26-24(27(34)37-6)20(14-38-26)19-12-16(2)8-9-17(19)3/h8-14H,7,15H2,1-6H3,(H,29,33). The molecule has 1 amide bonds. The van der Waals surface area contributed by atoms with Crippen LogP contribution < -0.4 is 14.8 Å². The van der Waals surface area contributed by atoms with Crippen molar-refractivity contribution in [3.8, 4) is 34.0 Å². The van der Waals surface area contributed by atoms with Crippen molar-refractivity contribution in [3.63, 3.8) is 0 Å². The molecule has 0 spiro atoms. The number of methoxy groups -OCH3 is 3. The van der Waals surface area contributed by atoms with Crippen molar-refractivity contribution in [2.24, 2.45) is 0 Å². The number of carbonyl (C=O) groups is 2. The minimum Gasteiger partial charge on any atom is -0.493 e. The van der Waals surface area contributed by atoms with E-state index in [0.717, 1.165) is 27.8 Å². The van der Waals surface area contributed by atoms with Gasteiger partial charge in [0.05, 0.1) is 27.1 Å². The molecule has 2 aromatic heterocycles. The zero-order chi connectivity index (χ0) is 28.1. The number of thioether (sulfide) groups is 1. The number of hydrogen-bond donors (Lipinski definition) is 1. The Kier molecular flexibility index (Phi) is 8.93. The number of aromatic nitrogens is 3. The molecule has 0 aliphatic carbocycles. The van der Waals surface area contributed by atoms with Gasteiger partial charge in [0.1, 0.15) is 10.6 Å². The molecule has 39 heavy (non-hydrogen) atoms. The molecule has 1 N–H and O–H groups in total. The minimum absolute atomic E-state index is 0.0847. The fraction of sp³-hybridized carbons (Fsp3) is 0.286. The molecule has 0 aliphatic rings. The van der Waals surface area contributed by atoms with Crippen LogP contribution >= 0.6 is 23.1 Å². The van der Waals surface area contributed by atoms with E-state index in [9.17, 15) is 9.59 Å². The van der Waals surface area contributed by atoms with Gasteiger partial charge in [-0.15, -0.1) is 21.5 Å². The molecule has 0 bridgehead atoms. The van der Waals surface area contributed by atoms with Gasteiger partial charge in [0, 0.05) is 23.1 Å². The van der Waals surface area contributed by atoms with Crippen molar-refractivity contribution in [2.45, 2.75) is 32.5 Å². The molecule has 4 aromatic rings. The van der Waals surface area contributed by atoms with Gasteiger partial charge in [-0.1, -0.05) is 35.5 Å². The number of nitrogens with one attached hydrogen (secondary N) is 1. The van der Waals surface area contributed by atoms with Gasteiger partial charge in [0.15, 0.2) is 22.5 Å². The van der Waals surface area contributed by atoms with Gasteiger partial charge in [-0.25, -0.2) is 4.79 Å². The second-order valence-corrected chi connectivity index (χ2v) is 10.4. The van der Waals surface area contributed by atoms with Gasteiger partial charge < -0.3 is 24.1 Å². The van der Waals surface area contributed by atoms with Gasteiger partial charge in [0.2, 0.25) is 5.91 Å². The second kappa shape index (κ2) is 12.4. The number of thiophene rings is 1. The van der Waals surface area contributed by atoms with Gasteiger partial charge in [-0.05, 0) is 50.1 Å². The number of anilines is 1. The Morgan fingerprint density at radius 3 is 2.46 bits per heavy atom. The highest BCUT2D eigenvalue weighted by atomic mass is 32.2. The number of ether oxygens (including phenoxy) is 3. The maximum Gasteiger partial charge on any atom is 0.341 e. The minimum atomic E-state index is -0.500. The van der Waals surface area contributed by atoms with E-state index < -0.39 is 5.97 Å². The number of carbonyl (C=O) groups excluding carboxylic acids is 2. The van der Waals surface area contributed by atoms with E-state index in [1.54, 1.807) is 14.2 Å². The summed E-state index contributed by atoms with van der Waals surface area (Å²) in [6.07, 6.45) is 0. The highest BCUT2D eigenvalue weighted by molar-refractivity contribution is 7.99. The molecule has 2 aromatic carbocycles. The lowest BCUT2D eigenvalue weighted by molar-refractivity contribution is -0.113. The lowest BCUT2D eigenvalue weighted by Gasteiger charge is -2.11. The second-order valence-electron chi connectivity index (χ2n) is 8.62. The first-order valence-corrected chi connectivity index (χ1v) is 14.0. The summed E-state index contributed by atoms with van der Waals surface area (Å²) >= 11 is 2.57. The van der Waals surface area contributed by atoms with Crippen LogP contribution in [-0.4, -0.2) is 53.7 Å². The maximum atomic E-state index is 13.0. The molecule has 4 rings (SSSR count). The Morgan fingerprint density at radius 1 is 1.00 bits per heavy atom. The Balaban J connectivity index is 1.53. The number of amides is 1. The summed E-state index contributed by atoms with van der Waals surface area (Å²) in [4.78, 5) is 25.7. The molecule has 0 aliphatic heterocycles. The molecule has 2 heterocycles. The molecule has 204 valence electrons. The van der Waals surface area contributed by atoms with Crippen LogP contribution in [0.5, 0.6) is 11.5 Å². The van der Waals surface area contributed by atoms with E-state index in [-0.39, 0.29) is 11.7 Å². The third kappa shape index (κ3) is 5.94. The first kappa shape index (κ1) is 28.2. The Morgan fingerprint density at radius 2 is 1.77 bits per heavy atom. The van der Waals surface area contributed by atoms with Crippen molar-refractivity contribution >= 4 is 40.0 Å². The van der Waals surface area contributed by atoms with E-state index in [4.69, 9.17) is 14.2 Å². The average molecular weight is 567 g/mol. The predicted molar refractivity (Wildman–Crippen MR) is 154 cm³/mol. The number of nitrogens with zero attached hydrogens (tertiary/aromatic N) is 3. The van der Waals surface area contributed by atoms with Crippen LogP contribution in [0.25, 0.3) is 22.5 Å². The van der Waals surface area contributed by atoms with Crippen LogP contribution in [0.15, 0.2) is 46.9 Å². The lowest BCUT2D eigenvalue weighted by Crippen LogP contribution is -2.16. The fourth-order valence-electron chi connectivity index (χ4n) is 4.14. The fourth-order valence-corrected chi connectivity index (χ4v) is 5.91. The Hall–Kier alpha value is -3.83. The molecule has 0 fully saturated rings. The van der Waals surface area contributed by atoms with Crippen LogP contribution in [0.4, 0.5) is 5.00 Å². The SMILES string of the molecule is CCn1c(SCC(=O)Nc2scc(-c3cc(C)ccc3C)c2C(=O)OC)nnc1-c1ccc(OC)c(OC)c1. The highest BCUT2D eigenvalue weighted by Crippen LogP contribution is 2.38. The van der Waals surface area contributed by atoms with Gasteiger partial charge in [-0.3, -0.25) is 4.79 Å². The Bertz CT molecular complexity index is 1510. The van der Waals surface area contributed by atoms with Crippen LogP contribution in [-0.2, 0) is 16.1 Å².